The maximum absolute atomic E-state index is 5.74. The van der Waals surface area contributed by atoms with Crippen LogP contribution in [0.5, 0.6) is 5.75 Å². The first-order valence-electron chi connectivity index (χ1n) is 5.89. The highest BCUT2D eigenvalue weighted by Gasteiger charge is 2.21. The fourth-order valence-corrected chi connectivity index (χ4v) is 8.69. The molecule has 0 N–H and O–H groups in total. The standard InChI is InChI=1S/C14H15O2PS3/c1-15-12-8-10-13(11-9-12)17(18,16-2)20-19-14-6-4-3-5-7-14/h3-11H,1-2H3. The first kappa shape index (κ1) is 15.9. The average molecular weight is 342 g/mol. The van der Waals surface area contributed by atoms with Crippen molar-refractivity contribution in [1.29, 1.82) is 0 Å². The van der Waals surface area contributed by atoms with Gasteiger partial charge in [-0.3, -0.25) is 0 Å². The molecule has 0 bridgehead atoms. The van der Waals surface area contributed by atoms with Crippen molar-refractivity contribution in [3.8, 4) is 5.75 Å². The summed E-state index contributed by atoms with van der Waals surface area (Å²) >= 11 is 5.74. The summed E-state index contributed by atoms with van der Waals surface area (Å²) in [4.78, 5) is 1.18. The second kappa shape index (κ2) is 7.53. The van der Waals surface area contributed by atoms with Gasteiger partial charge in [0.25, 0.3) is 0 Å². The van der Waals surface area contributed by atoms with Gasteiger partial charge < -0.3 is 9.26 Å². The van der Waals surface area contributed by atoms with Crippen LogP contribution in [0.25, 0.3) is 0 Å². The summed E-state index contributed by atoms with van der Waals surface area (Å²) in [7, 11) is 6.62. The van der Waals surface area contributed by atoms with Crippen molar-refractivity contribution in [2.24, 2.45) is 0 Å². The van der Waals surface area contributed by atoms with Gasteiger partial charge in [0.1, 0.15) is 5.75 Å². The zero-order valence-electron chi connectivity index (χ0n) is 11.2. The normalized spacial score (nSPS) is 13.7. The monoisotopic (exact) mass is 342 g/mol. The van der Waals surface area contributed by atoms with Gasteiger partial charge in [-0.2, -0.15) is 0 Å². The number of benzene rings is 2. The molecule has 0 fully saturated rings. The molecule has 106 valence electrons. The van der Waals surface area contributed by atoms with Gasteiger partial charge in [0.15, 0.2) is 5.47 Å². The molecule has 1 atom stereocenters. The molecule has 2 aromatic carbocycles. The summed E-state index contributed by atoms with van der Waals surface area (Å²) in [5.74, 6) is 0.826. The van der Waals surface area contributed by atoms with Gasteiger partial charge in [-0.25, -0.2) is 0 Å². The van der Waals surface area contributed by atoms with Gasteiger partial charge in [0, 0.05) is 17.3 Å². The molecule has 6 heteroatoms. The fraction of sp³-hybridized carbons (Fsp3) is 0.143. The van der Waals surface area contributed by atoms with Crippen LogP contribution >= 0.6 is 26.7 Å². The number of rotatable bonds is 6. The van der Waals surface area contributed by atoms with E-state index in [1.165, 1.54) is 4.90 Å². The highest BCUT2D eigenvalue weighted by Crippen LogP contribution is 2.64. The molecule has 0 heterocycles. The topological polar surface area (TPSA) is 18.5 Å². The highest BCUT2D eigenvalue weighted by molar-refractivity contribution is 9.04. The summed E-state index contributed by atoms with van der Waals surface area (Å²) in [5, 5.41) is 1.05. The van der Waals surface area contributed by atoms with Crippen molar-refractivity contribution in [2.45, 2.75) is 4.90 Å². The van der Waals surface area contributed by atoms with Crippen molar-refractivity contribution in [2.75, 3.05) is 14.2 Å². The molecule has 0 aliphatic heterocycles. The van der Waals surface area contributed by atoms with E-state index in [-0.39, 0.29) is 0 Å². The van der Waals surface area contributed by atoms with Crippen LogP contribution in [0, 0.1) is 0 Å². The molecule has 0 saturated heterocycles. The zero-order chi connectivity index (χ0) is 14.4. The molecular weight excluding hydrogens is 327 g/mol. The van der Waals surface area contributed by atoms with E-state index in [1.807, 2.05) is 42.5 Å². The SMILES string of the molecule is COc1ccc(P(=S)(OC)SSc2ccccc2)cc1. The van der Waals surface area contributed by atoms with E-state index in [4.69, 9.17) is 21.1 Å². The Morgan fingerprint density at radius 1 is 0.950 bits per heavy atom. The summed E-state index contributed by atoms with van der Waals surface area (Å²) in [6, 6.07) is 18.0. The largest absolute Gasteiger partial charge is 0.497 e. The van der Waals surface area contributed by atoms with Gasteiger partial charge in [-0.15, -0.1) is 0 Å². The van der Waals surface area contributed by atoms with Crippen molar-refractivity contribution >= 4 is 43.8 Å². The van der Waals surface area contributed by atoms with Gasteiger partial charge in [0.2, 0.25) is 0 Å². The summed E-state index contributed by atoms with van der Waals surface area (Å²) in [6.07, 6.45) is 0. The summed E-state index contributed by atoms with van der Waals surface area (Å²) < 4.78 is 10.8. The smallest absolute Gasteiger partial charge is 0.159 e. The predicted octanol–water partition coefficient (Wildman–Crippen LogP) is 4.72. The van der Waals surface area contributed by atoms with Crippen molar-refractivity contribution < 1.29 is 9.26 Å². The molecule has 0 spiro atoms. The van der Waals surface area contributed by atoms with Crippen molar-refractivity contribution in [3.05, 3.63) is 54.6 Å². The minimum absolute atomic E-state index is 0.826. The number of hydrogen-bond donors (Lipinski definition) is 0. The summed E-state index contributed by atoms with van der Waals surface area (Å²) in [5.41, 5.74) is -2.09. The van der Waals surface area contributed by atoms with E-state index in [0.29, 0.717) is 0 Å². The lowest BCUT2D eigenvalue weighted by Gasteiger charge is -2.19. The lowest BCUT2D eigenvalue weighted by Crippen LogP contribution is -2.02. The lowest BCUT2D eigenvalue weighted by molar-refractivity contribution is 0.415. The first-order valence-corrected chi connectivity index (χ1v) is 11.4. The van der Waals surface area contributed by atoms with Crippen LogP contribution in [0.4, 0.5) is 0 Å². The van der Waals surface area contributed by atoms with Crippen molar-refractivity contribution in [3.63, 3.8) is 0 Å². The highest BCUT2D eigenvalue weighted by atomic mass is 33.4. The van der Waals surface area contributed by atoms with Crippen LogP contribution in [0.15, 0.2) is 59.5 Å². The quantitative estimate of drug-likeness (QED) is 0.557. The third-order valence-corrected chi connectivity index (χ3v) is 12.4. The first-order chi connectivity index (χ1) is 9.68. The molecule has 2 aromatic rings. The van der Waals surface area contributed by atoms with E-state index in [9.17, 15) is 0 Å². The third-order valence-electron chi connectivity index (χ3n) is 2.60. The van der Waals surface area contributed by atoms with Crippen LogP contribution < -0.4 is 10.0 Å². The maximum atomic E-state index is 5.74. The molecule has 0 aromatic heterocycles. The Balaban J connectivity index is 2.13. The molecule has 1 unspecified atom stereocenters. The Morgan fingerprint density at radius 3 is 2.15 bits per heavy atom. The van der Waals surface area contributed by atoms with Crippen LogP contribution in [-0.4, -0.2) is 14.2 Å². The van der Waals surface area contributed by atoms with Gasteiger partial charge in [-0.05, 0) is 69.4 Å². The van der Waals surface area contributed by atoms with Crippen molar-refractivity contribution in [1.82, 2.24) is 0 Å². The Morgan fingerprint density at radius 2 is 1.60 bits per heavy atom. The number of hydrogen-bond acceptors (Lipinski definition) is 5. The minimum atomic E-state index is -2.09. The van der Waals surface area contributed by atoms with E-state index in [1.54, 1.807) is 35.4 Å². The summed E-state index contributed by atoms with van der Waals surface area (Å²) in [6.45, 7) is 0. The molecular formula is C14H15O2PS3. The second-order valence-electron chi connectivity index (χ2n) is 3.85. The van der Waals surface area contributed by atoms with Gasteiger partial charge in [0.05, 0.1) is 7.11 Å². The Labute approximate surface area is 132 Å². The second-order valence-corrected chi connectivity index (χ2v) is 12.6. The van der Waals surface area contributed by atoms with E-state index < -0.39 is 5.47 Å². The molecule has 20 heavy (non-hydrogen) atoms. The molecule has 0 radical (unpaired) electrons. The Bertz CT molecular complexity index is 587. The minimum Gasteiger partial charge on any atom is -0.497 e. The maximum Gasteiger partial charge on any atom is 0.159 e. The molecule has 2 nitrogen and oxygen atoms in total. The predicted molar refractivity (Wildman–Crippen MR) is 93.8 cm³/mol. The van der Waals surface area contributed by atoms with Gasteiger partial charge >= 0.3 is 0 Å². The third kappa shape index (κ3) is 4.03. The molecule has 0 saturated carbocycles. The molecule has 0 amide bonds. The van der Waals surface area contributed by atoms with Crippen LogP contribution in [0.3, 0.4) is 0 Å². The number of methoxy groups -OCH3 is 1. The van der Waals surface area contributed by atoms with Crippen LogP contribution in [-0.2, 0) is 16.3 Å². The average Bonchev–Trinajstić information content (AvgIpc) is 2.53. The molecule has 0 aliphatic carbocycles. The Kier molecular flexibility index (Phi) is 6.00. The molecule has 0 aliphatic rings. The number of ether oxygens (including phenoxy) is 1. The van der Waals surface area contributed by atoms with Crippen LogP contribution in [0.1, 0.15) is 0 Å². The zero-order valence-corrected chi connectivity index (χ0v) is 14.5. The Hall–Kier alpha value is -0.450. The van der Waals surface area contributed by atoms with E-state index in [2.05, 4.69) is 12.1 Å². The fourth-order valence-electron chi connectivity index (χ4n) is 1.51. The van der Waals surface area contributed by atoms with E-state index >= 15 is 0 Å². The van der Waals surface area contributed by atoms with E-state index in [0.717, 1.165) is 11.1 Å². The van der Waals surface area contributed by atoms with Gasteiger partial charge in [-0.1, -0.05) is 18.2 Å². The molecule has 2 rings (SSSR count). The van der Waals surface area contributed by atoms with Crippen LogP contribution in [0.2, 0.25) is 0 Å². The lowest BCUT2D eigenvalue weighted by atomic mass is 10.3.